The molecule has 0 saturated carbocycles. The van der Waals surface area contributed by atoms with E-state index in [-0.39, 0.29) is 5.52 Å². The fourth-order valence-electron chi connectivity index (χ4n) is 0.582. The summed E-state index contributed by atoms with van der Waals surface area (Å²) in [5.41, 5.74) is -0.225. The van der Waals surface area contributed by atoms with Gasteiger partial charge < -0.3 is 4.52 Å². The lowest BCUT2D eigenvalue weighted by molar-refractivity contribution is -0.111. The van der Waals surface area contributed by atoms with E-state index in [1.165, 1.54) is 6.66 Å². The Hall–Kier alpha value is -0.140. The Kier molecular flexibility index (Phi) is 1.25. The molecule has 1 saturated heterocycles. The van der Waals surface area contributed by atoms with Crippen LogP contribution in [0.15, 0.2) is 0 Å². The lowest BCUT2D eigenvalue weighted by Gasteiger charge is -1.96. The van der Waals surface area contributed by atoms with Crippen LogP contribution in [0.1, 0.15) is 6.42 Å². The van der Waals surface area contributed by atoms with E-state index in [0.717, 1.165) is 0 Å². The third kappa shape index (κ3) is 0.837. The van der Waals surface area contributed by atoms with Gasteiger partial charge in [0.25, 0.3) is 7.37 Å². The van der Waals surface area contributed by atoms with Crippen LogP contribution >= 0.6 is 7.37 Å². The Morgan fingerprint density at radius 2 is 2.38 bits per heavy atom. The molecule has 1 aliphatic heterocycles. The van der Waals surface area contributed by atoms with Crippen LogP contribution in [0.3, 0.4) is 0 Å². The molecule has 1 rings (SSSR count). The molecular weight excluding hydrogens is 127 g/mol. The zero-order valence-electron chi connectivity index (χ0n) is 4.59. The average Bonchev–Trinajstić information content (AvgIpc) is 1.86. The monoisotopic (exact) mass is 134 g/mol. The van der Waals surface area contributed by atoms with Crippen LogP contribution in [0.5, 0.6) is 0 Å². The van der Waals surface area contributed by atoms with Gasteiger partial charge >= 0.3 is 0 Å². The molecule has 1 atom stereocenters. The molecule has 0 radical (unpaired) electrons. The van der Waals surface area contributed by atoms with Crippen LogP contribution in [0.25, 0.3) is 0 Å². The summed E-state index contributed by atoms with van der Waals surface area (Å²) in [7, 11) is -2.77. The highest BCUT2D eigenvalue weighted by Gasteiger charge is 2.32. The first-order valence-corrected chi connectivity index (χ1v) is 4.45. The molecule has 0 aromatic rings. The van der Waals surface area contributed by atoms with Gasteiger partial charge in [0, 0.05) is 13.1 Å². The molecule has 1 unspecified atom stereocenters. The van der Waals surface area contributed by atoms with E-state index >= 15 is 0 Å². The summed E-state index contributed by atoms with van der Waals surface area (Å²) in [6.07, 6.45) is 0.327. The Bertz CT molecular complexity index is 163. The van der Waals surface area contributed by atoms with Crippen molar-refractivity contribution in [3.05, 3.63) is 0 Å². The van der Waals surface area contributed by atoms with Crippen molar-refractivity contribution in [2.45, 2.75) is 6.42 Å². The van der Waals surface area contributed by atoms with E-state index in [1.807, 2.05) is 0 Å². The minimum Gasteiger partial charge on any atom is -0.323 e. The van der Waals surface area contributed by atoms with E-state index < -0.39 is 7.37 Å². The molecule has 0 N–H and O–H groups in total. The topological polar surface area (TPSA) is 43.4 Å². The average molecular weight is 134 g/mol. The van der Waals surface area contributed by atoms with Crippen molar-refractivity contribution in [3.63, 3.8) is 0 Å². The Labute approximate surface area is 47.5 Å². The largest absolute Gasteiger partial charge is 0.323 e. The maximum atomic E-state index is 10.8. The van der Waals surface area contributed by atoms with Crippen LogP contribution in [-0.4, -0.2) is 18.8 Å². The first-order chi connectivity index (χ1) is 3.63. The third-order valence-electron chi connectivity index (χ3n) is 1.11. The van der Waals surface area contributed by atoms with Crippen LogP contribution in [0.2, 0.25) is 0 Å². The van der Waals surface area contributed by atoms with E-state index in [1.54, 1.807) is 0 Å². The molecule has 0 aromatic carbocycles. The van der Waals surface area contributed by atoms with Gasteiger partial charge in [-0.15, -0.1) is 0 Å². The fraction of sp³-hybridized carbons (Fsp3) is 0.750. The number of hydrogen-bond donors (Lipinski definition) is 0. The maximum Gasteiger partial charge on any atom is 0.263 e. The van der Waals surface area contributed by atoms with Gasteiger partial charge in [-0.25, -0.2) is 0 Å². The highest BCUT2D eigenvalue weighted by atomic mass is 31.2. The molecule has 0 aliphatic carbocycles. The molecule has 0 amide bonds. The summed E-state index contributed by atoms with van der Waals surface area (Å²) in [6.45, 7) is 1.70. The second-order valence-corrected chi connectivity index (χ2v) is 4.27. The van der Waals surface area contributed by atoms with Gasteiger partial charge in [-0.3, -0.25) is 9.36 Å². The smallest absolute Gasteiger partial charge is 0.263 e. The number of carbonyl (C=O) groups excluding carboxylic acids is 1. The van der Waals surface area contributed by atoms with Crippen LogP contribution in [-0.2, 0) is 13.9 Å². The third-order valence-corrected chi connectivity index (χ3v) is 2.91. The number of carbonyl (C=O) groups is 1. The van der Waals surface area contributed by atoms with Crippen LogP contribution in [0.4, 0.5) is 0 Å². The van der Waals surface area contributed by atoms with Crippen molar-refractivity contribution < 1.29 is 13.9 Å². The molecule has 1 fully saturated rings. The first-order valence-electron chi connectivity index (χ1n) is 2.38. The van der Waals surface area contributed by atoms with Gasteiger partial charge in [-0.1, -0.05) is 0 Å². The minimum absolute atomic E-state index is 0.225. The lowest BCUT2D eigenvalue weighted by atomic mass is 10.5. The predicted octanol–water partition coefficient (Wildman–Crippen LogP) is 0.841. The minimum atomic E-state index is -2.77. The quantitative estimate of drug-likeness (QED) is 0.461. The second kappa shape index (κ2) is 1.67. The van der Waals surface area contributed by atoms with Crippen LogP contribution < -0.4 is 0 Å². The summed E-state index contributed by atoms with van der Waals surface area (Å²) in [6, 6.07) is 0. The number of hydrogen-bond acceptors (Lipinski definition) is 3. The molecule has 3 nitrogen and oxygen atoms in total. The molecular formula is C4H7O3P. The Morgan fingerprint density at radius 1 is 1.75 bits per heavy atom. The first kappa shape index (κ1) is 5.99. The van der Waals surface area contributed by atoms with E-state index in [4.69, 9.17) is 0 Å². The maximum absolute atomic E-state index is 10.8. The predicted molar refractivity (Wildman–Crippen MR) is 29.1 cm³/mol. The van der Waals surface area contributed by atoms with Crippen molar-refractivity contribution >= 4 is 12.9 Å². The molecule has 0 bridgehead atoms. The fourth-order valence-corrected chi connectivity index (χ4v) is 1.66. The summed E-state index contributed by atoms with van der Waals surface area (Å²) in [4.78, 5) is 10.5. The van der Waals surface area contributed by atoms with Gasteiger partial charge in [0.05, 0.1) is 6.61 Å². The Morgan fingerprint density at radius 3 is 2.50 bits per heavy atom. The van der Waals surface area contributed by atoms with Crippen LogP contribution in [0, 0.1) is 0 Å². The summed E-state index contributed by atoms with van der Waals surface area (Å²) in [5, 5.41) is 0. The normalized spacial score (nSPS) is 38.4. The van der Waals surface area contributed by atoms with Gasteiger partial charge in [0.2, 0.25) is 5.52 Å². The molecule has 4 heteroatoms. The van der Waals surface area contributed by atoms with E-state index in [9.17, 15) is 9.36 Å². The Balaban J connectivity index is 2.84. The van der Waals surface area contributed by atoms with Crippen molar-refractivity contribution in [3.8, 4) is 0 Å². The highest BCUT2D eigenvalue weighted by Crippen LogP contribution is 2.48. The van der Waals surface area contributed by atoms with Gasteiger partial charge in [0.15, 0.2) is 0 Å². The second-order valence-electron chi connectivity index (χ2n) is 1.82. The zero-order valence-corrected chi connectivity index (χ0v) is 5.48. The SMILES string of the molecule is CP1(=O)OCCC1=O. The molecule has 0 spiro atoms. The summed E-state index contributed by atoms with van der Waals surface area (Å²) >= 11 is 0. The van der Waals surface area contributed by atoms with Crippen molar-refractivity contribution in [2.75, 3.05) is 13.3 Å². The van der Waals surface area contributed by atoms with Crippen molar-refractivity contribution in [2.24, 2.45) is 0 Å². The summed E-state index contributed by atoms with van der Waals surface area (Å²) < 4.78 is 15.4. The van der Waals surface area contributed by atoms with Crippen molar-refractivity contribution in [1.82, 2.24) is 0 Å². The molecule has 1 heterocycles. The van der Waals surface area contributed by atoms with Crippen molar-refractivity contribution in [1.29, 1.82) is 0 Å². The molecule has 8 heavy (non-hydrogen) atoms. The van der Waals surface area contributed by atoms with Gasteiger partial charge in [-0.2, -0.15) is 0 Å². The number of rotatable bonds is 0. The zero-order chi connectivity index (χ0) is 6.20. The van der Waals surface area contributed by atoms with Gasteiger partial charge in [0.1, 0.15) is 0 Å². The summed E-state index contributed by atoms with van der Waals surface area (Å²) in [5.74, 6) is 0. The van der Waals surface area contributed by atoms with Gasteiger partial charge in [-0.05, 0) is 0 Å². The highest BCUT2D eigenvalue weighted by molar-refractivity contribution is 7.75. The van der Waals surface area contributed by atoms with E-state index in [0.29, 0.717) is 13.0 Å². The molecule has 0 aromatic heterocycles. The standard InChI is InChI=1S/C4H7O3P/c1-8(6)4(5)2-3-7-8/h2-3H2,1H3. The van der Waals surface area contributed by atoms with E-state index in [2.05, 4.69) is 4.52 Å². The lowest BCUT2D eigenvalue weighted by Crippen LogP contribution is -1.86. The molecule has 1 aliphatic rings. The molecule has 46 valence electrons.